The summed E-state index contributed by atoms with van der Waals surface area (Å²) in [4.78, 5) is 19.9. The van der Waals surface area contributed by atoms with Crippen molar-refractivity contribution in [1.29, 1.82) is 0 Å². The summed E-state index contributed by atoms with van der Waals surface area (Å²) in [6.07, 6.45) is 0.106. The SMILES string of the molecule is Cc1cccc2cc(CO)c(Nc3nc(CC(N)=O)cs3)nc12. The van der Waals surface area contributed by atoms with E-state index in [0.29, 0.717) is 22.2 Å². The first-order valence-corrected chi connectivity index (χ1v) is 7.94. The van der Waals surface area contributed by atoms with Gasteiger partial charge in [0.1, 0.15) is 5.82 Å². The molecule has 1 aromatic carbocycles. The van der Waals surface area contributed by atoms with Gasteiger partial charge in [-0.05, 0) is 18.6 Å². The Morgan fingerprint density at radius 1 is 1.39 bits per heavy atom. The van der Waals surface area contributed by atoms with Crippen molar-refractivity contribution in [3.05, 3.63) is 46.5 Å². The minimum Gasteiger partial charge on any atom is -0.392 e. The van der Waals surface area contributed by atoms with Gasteiger partial charge < -0.3 is 16.2 Å². The number of aromatic nitrogens is 2. The average Bonchev–Trinajstić information content (AvgIpc) is 2.94. The molecule has 4 N–H and O–H groups in total. The van der Waals surface area contributed by atoms with E-state index in [0.717, 1.165) is 16.5 Å². The largest absolute Gasteiger partial charge is 0.392 e. The highest BCUT2D eigenvalue weighted by atomic mass is 32.1. The molecule has 0 bridgehead atoms. The number of hydrogen-bond donors (Lipinski definition) is 3. The normalized spacial score (nSPS) is 10.9. The fourth-order valence-corrected chi connectivity index (χ4v) is 3.05. The van der Waals surface area contributed by atoms with E-state index >= 15 is 0 Å². The number of aliphatic hydroxyl groups excluding tert-OH is 1. The second kappa shape index (κ2) is 6.31. The highest BCUT2D eigenvalue weighted by molar-refractivity contribution is 7.13. The zero-order valence-electron chi connectivity index (χ0n) is 12.5. The van der Waals surface area contributed by atoms with E-state index in [1.165, 1.54) is 11.3 Å². The Labute approximate surface area is 137 Å². The molecular weight excluding hydrogens is 312 g/mol. The number of para-hydroxylation sites is 1. The predicted molar refractivity (Wildman–Crippen MR) is 90.7 cm³/mol. The van der Waals surface area contributed by atoms with Gasteiger partial charge in [-0.25, -0.2) is 9.97 Å². The first-order chi connectivity index (χ1) is 11.1. The molecule has 0 aliphatic rings. The highest BCUT2D eigenvalue weighted by Gasteiger charge is 2.11. The molecule has 3 aromatic rings. The van der Waals surface area contributed by atoms with E-state index in [1.807, 2.05) is 31.2 Å². The zero-order chi connectivity index (χ0) is 16.4. The number of primary amides is 1. The third kappa shape index (κ3) is 3.30. The van der Waals surface area contributed by atoms with Crippen LogP contribution in [0.3, 0.4) is 0 Å². The number of rotatable bonds is 5. The molecule has 0 atom stereocenters. The Kier molecular flexibility index (Phi) is 4.22. The van der Waals surface area contributed by atoms with Crippen molar-refractivity contribution in [1.82, 2.24) is 9.97 Å². The average molecular weight is 328 g/mol. The Morgan fingerprint density at radius 3 is 2.96 bits per heavy atom. The lowest BCUT2D eigenvalue weighted by atomic mass is 10.1. The van der Waals surface area contributed by atoms with Gasteiger partial charge in [-0.3, -0.25) is 4.79 Å². The number of benzene rings is 1. The fourth-order valence-electron chi connectivity index (χ4n) is 2.34. The Morgan fingerprint density at radius 2 is 2.22 bits per heavy atom. The maximum absolute atomic E-state index is 10.9. The van der Waals surface area contributed by atoms with Crippen molar-refractivity contribution in [3.8, 4) is 0 Å². The molecule has 2 heterocycles. The van der Waals surface area contributed by atoms with Crippen LogP contribution >= 0.6 is 11.3 Å². The summed E-state index contributed by atoms with van der Waals surface area (Å²) in [6.45, 7) is 1.87. The van der Waals surface area contributed by atoms with E-state index in [-0.39, 0.29) is 13.0 Å². The summed E-state index contributed by atoms with van der Waals surface area (Å²) in [5, 5.41) is 16.1. The molecule has 118 valence electrons. The molecule has 0 radical (unpaired) electrons. The van der Waals surface area contributed by atoms with Crippen LogP contribution in [0.1, 0.15) is 16.8 Å². The van der Waals surface area contributed by atoms with Gasteiger partial charge in [0.2, 0.25) is 5.91 Å². The topological polar surface area (TPSA) is 101 Å². The maximum atomic E-state index is 10.9. The van der Waals surface area contributed by atoms with Crippen LogP contribution in [0.2, 0.25) is 0 Å². The van der Waals surface area contributed by atoms with Gasteiger partial charge in [0.25, 0.3) is 0 Å². The molecule has 7 heteroatoms. The van der Waals surface area contributed by atoms with Crippen LogP contribution in [-0.2, 0) is 17.8 Å². The molecule has 0 aliphatic carbocycles. The molecule has 0 spiro atoms. The molecule has 3 rings (SSSR count). The van der Waals surface area contributed by atoms with E-state index < -0.39 is 5.91 Å². The van der Waals surface area contributed by atoms with Crippen LogP contribution in [0.5, 0.6) is 0 Å². The third-order valence-corrected chi connectivity index (χ3v) is 4.24. The second-order valence-electron chi connectivity index (χ2n) is 5.21. The summed E-state index contributed by atoms with van der Waals surface area (Å²) in [5.41, 5.74) is 8.41. The third-order valence-electron chi connectivity index (χ3n) is 3.43. The summed E-state index contributed by atoms with van der Waals surface area (Å²) in [5.74, 6) is 0.145. The lowest BCUT2D eigenvalue weighted by molar-refractivity contribution is -0.117. The maximum Gasteiger partial charge on any atom is 0.223 e. The molecule has 2 aromatic heterocycles. The number of nitrogens with two attached hydrogens (primary N) is 1. The number of aryl methyl sites for hydroxylation is 1. The number of amides is 1. The van der Waals surface area contributed by atoms with Crippen molar-refractivity contribution in [2.24, 2.45) is 5.73 Å². The van der Waals surface area contributed by atoms with Crippen molar-refractivity contribution in [2.75, 3.05) is 5.32 Å². The van der Waals surface area contributed by atoms with Crippen LogP contribution in [0, 0.1) is 6.92 Å². The Bertz CT molecular complexity index is 876. The highest BCUT2D eigenvalue weighted by Crippen LogP contribution is 2.27. The zero-order valence-corrected chi connectivity index (χ0v) is 13.4. The second-order valence-corrected chi connectivity index (χ2v) is 6.07. The van der Waals surface area contributed by atoms with Gasteiger partial charge in [-0.2, -0.15) is 0 Å². The van der Waals surface area contributed by atoms with Crippen molar-refractivity contribution < 1.29 is 9.90 Å². The quantitative estimate of drug-likeness (QED) is 0.667. The summed E-state index contributed by atoms with van der Waals surface area (Å²) in [6, 6.07) is 7.83. The van der Waals surface area contributed by atoms with Crippen LogP contribution in [-0.4, -0.2) is 21.0 Å². The van der Waals surface area contributed by atoms with Gasteiger partial charge in [0, 0.05) is 16.3 Å². The minimum atomic E-state index is -0.419. The fraction of sp³-hybridized carbons (Fsp3) is 0.188. The lowest BCUT2D eigenvalue weighted by Crippen LogP contribution is -2.13. The van der Waals surface area contributed by atoms with E-state index in [4.69, 9.17) is 5.73 Å². The van der Waals surface area contributed by atoms with Crippen LogP contribution < -0.4 is 11.1 Å². The van der Waals surface area contributed by atoms with E-state index in [1.54, 1.807) is 5.38 Å². The number of fused-ring (bicyclic) bond motifs is 1. The van der Waals surface area contributed by atoms with Gasteiger partial charge in [0.15, 0.2) is 5.13 Å². The van der Waals surface area contributed by atoms with Crippen LogP contribution in [0.15, 0.2) is 29.6 Å². The molecule has 0 fully saturated rings. The summed E-state index contributed by atoms with van der Waals surface area (Å²) in [7, 11) is 0. The number of thiazole rings is 1. The Balaban J connectivity index is 1.96. The molecule has 0 saturated heterocycles. The van der Waals surface area contributed by atoms with Crippen LogP contribution in [0.25, 0.3) is 10.9 Å². The van der Waals surface area contributed by atoms with Gasteiger partial charge in [-0.1, -0.05) is 18.2 Å². The number of hydrogen-bond acceptors (Lipinski definition) is 6. The smallest absolute Gasteiger partial charge is 0.223 e. The van der Waals surface area contributed by atoms with Gasteiger partial charge >= 0.3 is 0 Å². The monoisotopic (exact) mass is 328 g/mol. The molecule has 0 unspecified atom stereocenters. The molecule has 6 nitrogen and oxygen atoms in total. The number of nitrogens with zero attached hydrogens (tertiary/aromatic N) is 2. The first kappa shape index (κ1) is 15.4. The Hall–Kier alpha value is -2.51. The standard InChI is InChI=1S/C16H16N4O2S/c1-9-3-2-4-10-5-11(7-21)15(19-14(9)10)20-16-18-12(8-23-16)6-13(17)22/h2-5,8,21H,6-7H2,1H3,(H2,17,22)(H,18,19,20). The molecular formula is C16H16N4O2S. The van der Waals surface area contributed by atoms with Crippen molar-refractivity contribution in [2.45, 2.75) is 20.0 Å². The first-order valence-electron chi connectivity index (χ1n) is 7.06. The molecule has 1 amide bonds. The van der Waals surface area contributed by atoms with Crippen molar-refractivity contribution in [3.63, 3.8) is 0 Å². The van der Waals surface area contributed by atoms with Gasteiger partial charge in [0.05, 0.1) is 24.2 Å². The molecule has 0 saturated carbocycles. The number of nitrogens with one attached hydrogen (secondary N) is 1. The molecule has 23 heavy (non-hydrogen) atoms. The molecule has 0 aliphatic heterocycles. The number of aliphatic hydroxyl groups is 1. The number of carbonyl (C=O) groups excluding carboxylic acids is 1. The summed E-state index contributed by atoms with van der Waals surface area (Å²) < 4.78 is 0. The number of pyridine rings is 1. The minimum absolute atomic E-state index is 0.106. The number of anilines is 2. The lowest BCUT2D eigenvalue weighted by Gasteiger charge is -2.10. The van der Waals surface area contributed by atoms with Crippen molar-refractivity contribution >= 4 is 39.1 Å². The van der Waals surface area contributed by atoms with E-state index in [9.17, 15) is 9.90 Å². The van der Waals surface area contributed by atoms with Crippen LogP contribution in [0.4, 0.5) is 10.9 Å². The predicted octanol–water partition coefficient (Wildman–Crippen LogP) is 2.26. The van der Waals surface area contributed by atoms with E-state index in [2.05, 4.69) is 15.3 Å². The van der Waals surface area contributed by atoms with Gasteiger partial charge in [-0.15, -0.1) is 11.3 Å². The summed E-state index contributed by atoms with van der Waals surface area (Å²) >= 11 is 1.36. The number of carbonyl (C=O) groups is 1.